The molecular formula is C37H52BrN3O7. The quantitative estimate of drug-likeness (QED) is 0.168. The van der Waals surface area contributed by atoms with Crippen molar-refractivity contribution in [3.05, 3.63) is 61.2 Å². The Bertz CT molecular complexity index is 1380. The number of aliphatic hydroxyl groups excluding tert-OH is 1. The molecule has 0 saturated carbocycles. The van der Waals surface area contributed by atoms with Crippen LogP contribution in [0.2, 0.25) is 0 Å². The second-order valence-corrected chi connectivity index (χ2v) is 15.8. The average molecular weight is 731 g/mol. The van der Waals surface area contributed by atoms with Gasteiger partial charge in [-0.3, -0.25) is 19.2 Å². The van der Waals surface area contributed by atoms with Gasteiger partial charge in [-0.25, -0.2) is 0 Å². The van der Waals surface area contributed by atoms with E-state index in [2.05, 4.69) is 29.1 Å². The van der Waals surface area contributed by atoms with Crippen molar-refractivity contribution < 1.29 is 33.8 Å². The van der Waals surface area contributed by atoms with Gasteiger partial charge in [-0.05, 0) is 52.0 Å². The Labute approximate surface area is 293 Å². The lowest BCUT2D eigenvalue weighted by molar-refractivity contribution is -0.165. The molecule has 1 spiro atoms. The first kappa shape index (κ1) is 37.8. The molecule has 10 nitrogen and oxygen atoms in total. The lowest BCUT2D eigenvalue weighted by Crippen LogP contribution is -2.62. The Hall–Kier alpha value is -3.02. The number of carbonyl (C=O) groups excluding carboxylic acids is 4. The van der Waals surface area contributed by atoms with Crippen molar-refractivity contribution in [2.45, 2.75) is 107 Å². The highest BCUT2D eigenvalue weighted by atomic mass is 79.9. The number of esters is 1. The van der Waals surface area contributed by atoms with Crippen molar-refractivity contribution in [2.75, 3.05) is 20.2 Å². The number of amides is 3. The molecule has 3 aliphatic rings. The minimum atomic E-state index is -1.32. The van der Waals surface area contributed by atoms with Crippen molar-refractivity contribution in [3.63, 3.8) is 0 Å². The van der Waals surface area contributed by atoms with E-state index in [1.54, 1.807) is 29.0 Å². The Morgan fingerprint density at radius 3 is 2.35 bits per heavy atom. The van der Waals surface area contributed by atoms with Crippen LogP contribution < -0.4 is 0 Å². The van der Waals surface area contributed by atoms with Crippen LogP contribution in [0.4, 0.5) is 0 Å². The number of nitrogens with zero attached hydrogens (tertiary/aromatic N) is 3. The Morgan fingerprint density at radius 1 is 1.17 bits per heavy atom. The summed E-state index contributed by atoms with van der Waals surface area (Å²) < 4.78 is 13.1. The fraction of sp³-hybridized carbons (Fsp3) is 0.622. The van der Waals surface area contributed by atoms with Crippen LogP contribution in [0.5, 0.6) is 0 Å². The van der Waals surface area contributed by atoms with Crippen LogP contribution in [0.3, 0.4) is 0 Å². The summed E-state index contributed by atoms with van der Waals surface area (Å²) in [5.41, 5.74) is -1.23. The second kappa shape index (κ2) is 14.8. The minimum absolute atomic E-state index is 0.114. The third-order valence-corrected chi connectivity index (χ3v) is 11.2. The van der Waals surface area contributed by atoms with Crippen LogP contribution in [-0.4, -0.2) is 104 Å². The summed E-state index contributed by atoms with van der Waals surface area (Å²) in [4.78, 5) is 61.3. The fourth-order valence-electron chi connectivity index (χ4n) is 7.69. The molecule has 4 rings (SSSR count). The van der Waals surface area contributed by atoms with Crippen LogP contribution in [0.15, 0.2) is 55.6 Å². The number of hydrogen-bond donors (Lipinski definition) is 1. The van der Waals surface area contributed by atoms with Crippen molar-refractivity contribution in [1.82, 2.24) is 14.7 Å². The molecule has 1 N–H and O–H groups in total. The van der Waals surface area contributed by atoms with Gasteiger partial charge in [-0.15, -0.1) is 13.2 Å². The first-order chi connectivity index (χ1) is 22.6. The van der Waals surface area contributed by atoms with Gasteiger partial charge >= 0.3 is 5.97 Å². The first-order valence-corrected chi connectivity index (χ1v) is 17.8. The van der Waals surface area contributed by atoms with E-state index in [1.165, 1.54) is 4.90 Å². The molecule has 0 radical (unpaired) electrons. The van der Waals surface area contributed by atoms with E-state index in [0.29, 0.717) is 18.4 Å². The monoisotopic (exact) mass is 729 g/mol. The van der Waals surface area contributed by atoms with Crippen molar-refractivity contribution in [3.8, 4) is 0 Å². The number of ether oxygens (including phenoxy) is 2. The molecule has 0 aliphatic carbocycles. The molecule has 3 heterocycles. The van der Waals surface area contributed by atoms with Crippen molar-refractivity contribution >= 4 is 39.6 Å². The van der Waals surface area contributed by atoms with E-state index in [0.717, 1.165) is 0 Å². The lowest BCUT2D eigenvalue weighted by atomic mass is 9.70. The second-order valence-electron chi connectivity index (χ2n) is 14.7. The topological polar surface area (TPSA) is 117 Å². The van der Waals surface area contributed by atoms with E-state index >= 15 is 0 Å². The maximum Gasteiger partial charge on any atom is 0.313 e. The molecular weight excluding hydrogens is 678 g/mol. The standard InChI is InChI=1S/C37H52BrN3O7/c1-10-12-18-27(43)39(9)23(5)30(24-16-14-13-15-17-24)47-35(46)28-29-33(44)41(26(21-42)22(3)4)32(37(29)20-25(38)31(28)48-37)34(45)40(19-11-2)36(6,7)8/h10-11,13-17,22-23,25-26,28-32,42H,1-2,12,18-21H2,3-9H3/t23-,25?,26-,28-,29+,30+,31-,32-,37+/m0/s1. The summed E-state index contributed by atoms with van der Waals surface area (Å²) in [5.74, 6) is -3.68. The minimum Gasteiger partial charge on any atom is -0.455 e. The molecule has 2 bridgehead atoms. The van der Waals surface area contributed by atoms with E-state index < -0.39 is 65.2 Å². The number of benzene rings is 1. The number of aliphatic hydroxyl groups is 1. The van der Waals surface area contributed by atoms with Crippen molar-refractivity contribution in [2.24, 2.45) is 17.8 Å². The molecule has 3 saturated heterocycles. The zero-order valence-corrected chi connectivity index (χ0v) is 30.9. The normalized spacial score (nSPS) is 28.1. The number of likely N-dealkylation sites (N-methyl/N-ethyl adjacent to an activating group) is 1. The van der Waals surface area contributed by atoms with Gasteiger partial charge in [0.15, 0.2) is 0 Å². The summed E-state index contributed by atoms with van der Waals surface area (Å²) in [7, 11) is 1.68. The highest BCUT2D eigenvalue weighted by Gasteiger charge is 2.78. The third-order valence-electron chi connectivity index (χ3n) is 10.3. The van der Waals surface area contributed by atoms with Crippen LogP contribution >= 0.6 is 15.9 Å². The number of allylic oxidation sites excluding steroid dienone is 1. The van der Waals surface area contributed by atoms with Gasteiger partial charge in [-0.1, -0.05) is 72.3 Å². The largest absolute Gasteiger partial charge is 0.455 e. The zero-order chi connectivity index (χ0) is 35.7. The Morgan fingerprint density at radius 2 is 1.81 bits per heavy atom. The molecule has 1 aromatic carbocycles. The number of likely N-dealkylation sites (tertiary alicyclic amines) is 1. The molecule has 9 atom stereocenters. The SMILES string of the molecule is C=CCCC(=O)N(C)[C@@H](C)[C@@H](OC(=O)[C@@H]1[C@H]2O[C@@]3(CC2Br)[C@H](C(=O)N(CC=C)C(C)(C)C)N([C@@H](CO)C(C)C)C(=O)[C@@H]13)c1ccccc1. The summed E-state index contributed by atoms with van der Waals surface area (Å²) in [6, 6.07) is 6.93. The number of rotatable bonds is 14. The van der Waals surface area contributed by atoms with E-state index in [1.807, 2.05) is 71.9 Å². The predicted molar refractivity (Wildman–Crippen MR) is 187 cm³/mol. The van der Waals surface area contributed by atoms with Gasteiger partial charge in [0.25, 0.3) is 0 Å². The molecule has 1 aromatic rings. The predicted octanol–water partition coefficient (Wildman–Crippen LogP) is 4.66. The molecule has 3 fully saturated rings. The zero-order valence-electron chi connectivity index (χ0n) is 29.3. The van der Waals surface area contributed by atoms with E-state index in [9.17, 15) is 24.3 Å². The molecule has 1 unspecified atom stereocenters. The number of fused-ring (bicyclic) bond motifs is 1. The van der Waals surface area contributed by atoms with Crippen molar-refractivity contribution in [1.29, 1.82) is 0 Å². The molecule has 3 aliphatic heterocycles. The molecule has 11 heteroatoms. The van der Waals surface area contributed by atoms with Gasteiger partial charge in [0.1, 0.15) is 17.7 Å². The van der Waals surface area contributed by atoms with E-state index in [4.69, 9.17) is 9.47 Å². The maximum atomic E-state index is 14.7. The fourth-order valence-corrected chi connectivity index (χ4v) is 8.63. The van der Waals surface area contributed by atoms with Crippen LogP contribution in [0, 0.1) is 17.8 Å². The number of carbonyl (C=O) groups is 4. The molecule has 3 amide bonds. The molecule has 264 valence electrons. The summed E-state index contributed by atoms with van der Waals surface area (Å²) in [6.07, 6.45) is 2.89. The highest BCUT2D eigenvalue weighted by Crippen LogP contribution is 2.61. The number of halogens is 1. The third kappa shape index (κ3) is 6.74. The lowest BCUT2D eigenvalue weighted by Gasteiger charge is -2.44. The smallest absolute Gasteiger partial charge is 0.313 e. The number of hydrogen-bond acceptors (Lipinski definition) is 7. The summed E-state index contributed by atoms with van der Waals surface area (Å²) in [5, 5.41) is 10.6. The molecule has 48 heavy (non-hydrogen) atoms. The molecule has 0 aromatic heterocycles. The average Bonchev–Trinajstić information content (AvgIpc) is 3.63. The van der Waals surface area contributed by atoms with Gasteiger partial charge in [-0.2, -0.15) is 0 Å². The van der Waals surface area contributed by atoms with Gasteiger partial charge in [0, 0.05) is 30.4 Å². The Balaban J connectivity index is 1.78. The van der Waals surface area contributed by atoms with Gasteiger partial charge in [0.05, 0.1) is 36.6 Å². The van der Waals surface area contributed by atoms with Gasteiger partial charge < -0.3 is 29.3 Å². The van der Waals surface area contributed by atoms with Crippen LogP contribution in [0.1, 0.15) is 72.5 Å². The highest BCUT2D eigenvalue weighted by molar-refractivity contribution is 9.09. The first-order valence-electron chi connectivity index (χ1n) is 16.9. The summed E-state index contributed by atoms with van der Waals surface area (Å²) in [6.45, 7) is 18.8. The summed E-state index contributed by atoms with van der Waals surface area (Å²) >= 11 is 3.73. The van der Waals surface area contributed by atoms with Crippen LogP contribution in [-0.2, 0) is 28.7 Å². The van der Waals surface area contributed by atoms with Gasteiger partial charge in [0.2, 0.25) is 17.7 Å². The van der Waals surface area contributed by atoms with Crippen LogP contribution in [0.25, 0.3) is 0 Å². The Kier molecular flexibility index (Phi) is 11.7. The maximum absolute atomic E-state index is 14.7. The number of alkyl halides is 1. The van der Waals surface area contributed by atoms with E-state index in [-0.39, 0.29) is 42.1 Å².